The van der Waals surface area contributed by atoms with Crippen LogP contribution < -0.4 is 0 Å². The number of hydrogen-bond acceptors (Lipinski definition) is 3. The molecule has 0 radical (unpaired) electrons. The Morgan fingerprint density at radius 3 is 3.06 bits per heavy atom. The van der Waals surface area contributed by atoms with Gasteiger partial charge in [0.15, 0.2) is 6.23 Å². The smallest absolute Gasteiger partial charge is 0.150 e. The highest BCUT2D eigenvalue weighted by Gasteiger charge is 2.20. The summed E-state index contributed by atoms with van der Waals surface area (Å²) in [5.74, 6) is 0. The van der Waals surface area contributed by atoms with Gasteiger partial charge in [0.2, 0.25) is 0 Å². The van der Waals surface area contributed by atoms with Gasteiger partial charge in [-0.15, -0.1) is 0 Å². The number of rotatable bonds is 2. The number of pyridine rings is 1. The quantitative estimate of drug-likeness (QED) is 0.853. The molecule has 0 N–H and O–H groups in total. The summed E-state index contributed by atoms with van der Waals surface area (Å²) in [4.78, 5) is 4.16. The summed E-state index contributed by atoms with van der Waals surface area (Å²) in [6, 6.07) is 5.98. The van der Waals surface area contributed by atoms with E-state index in [0.717, 1.165) is 35.3 Å². The molecule has 0 bridgehead atoms. The van der Waals surface area contributed by atoms with Crippen molar-refractivity contribution in [1.29, 1.82) is 0 Å². The summed E-state index contributed by atoms with van der Waals surface area (Å²) in [6.45, 7) is 0.814. The zero-order valence-corrected chi connectivity index (χ0v) is 11.5. The van der Waals surface area contributed by atoms with E-state index >= 15 is 0 Å². The first-order chi connectivity index (χ1) is 8.84. The molecule has 4 nitrogen and oxygen atoms in total. The molecular weight excluding hydrogens is 294 g/mol. The SMILES string of the molecule is Brc1cc(-c2cccnc2)n(C2CCCCO2)n1. The number of aromatic nitrogens is 3. The van der Waals surface area contributed by atoms with Crippen LogP contribution >= 0.6 is 15.9 Å². The van der Waals surface area contributed by atoms with Crippen LogP contribution in [0.4, 0.5) is 0 Å². The summed E-state index contributed by atoms with van der Waals surface area (Å²) in [5.41, 5.74) is 2.10. The molecule has 3 rings (SSSR count). The van der Waals surface area contributed by atoms with Crippen molar-refractivity contribution in [3.8, 4) is 11.3 Å². The minimum absolute atomic E-state index is 0.0419. The molecule has 0 amide bonds. The van der Waals surface area contributed by atoms with Crippen LogP contribution in [0.1, 0.15) is 25.5 Å². The lowest BCUT2D eigenvalue weighted by molar-refractivity contribution is -0.0385. The van der Waals surface area contributed by atoms with Crippen molar-refractivity contribution >= 4 is 15.9 Å². The lowest BCUT2D eigenvalue weighted by atomic mass is 10.1. The van der Waals surface area contributed by atoms with E-state index in [4.69, 9.17) is 4.74 Å². The van der Waals surface area contributed by atoms with Crippen LogP contribution in [0.3, 0.4) is 0 Å². The fourth-order valence-electron chi connectivity index (χ4n) is 2.23. The maximum absolute atomic E-state index is 5.80. The Morgan fingerprint density at radius 1 is 1.39 bits per heavy atom. The third kappa shape index (κ3) is 2.33. The van der Waals surface area contributed by atoms with Crippen LogP contribution in [0.25, 0.3) is 11.3 Å². The van der Waals surface area contributed by atoms with E-state index in [2.05, 4.69) is 26.0 Å². The summed E-state index contributed by atoms with van der Waals surface area (Å²) < 4.78 is 8.59. The van der Waals surface area contributed by atoms with E-state index in [1.165, 1.54) is 6.42 Å². The van der Waals surface area contributed by atoms with Crippen LogP contribution in [0, 0.1) is 0 Å². The molecule has 18 heavy (non-hydrogen) atoms. The van der Waals surface area contributed by atoms with Gasteiger partial charge in [0, 0.05) is 24.6 Å². The third-order valence-corrected chi connectivity index (χ3v) is 3.48. The van der Waals surface area contributed by atoms with Gasteiger partial charge in [-0.3, -0.25) is 4.98 Å². The molecule has 1 aliphatic heterocycles. The van der Waals surface area contributed by atoms with E-state index in [1.807, 2.05) is 29.1 Å². The molecule has 1 atom stereocenters. The van der Waals surface area contributed by atoms with E-state index in [1.54, 1.807) is 6.20 Å². The van der Waals surface area contributed by atoms with Crippen molar-refractivity contribution in [1.82, 2.24) is 14.8 Å². The Hall–Kier alpha value is -1.20. The highest BCUT2D eigenvalue weighted by Crippen LogP contribution is 2.30. The highest BCUT2D eigenvalue weighted by molar-refractivity contribution is 9.10. The van der Waals surface area contributed by atoms with Gasteiger partial charge in [0.25, 0.3) is 0 Å². The van der Waals surface area contributed by atoms with E-state index in [9.17, 15) is 0 Å². The molecule has 3 heterocycles. The average Bonchev–Trinajstić information content (AvgIpc) is 2.83. The minimum Gasteiger partial charge on any atom is -0.356 e. The van der Waals surface area contributed by atoms with Gasteiger partial charge >= 0.3 is 0 Å². The molecule has 2 aromatic rings. The van der Waals surface area contributed by atoms with Crippen LogP contribution in [-0.2, 0) is 4.74 Å². The van der Waals surface area contributed by atoms with Gasteiger partial charge < -0.3 is 4.74 Å². The summed E-state index contributed by atoms with van der Waals surface area (Å²) in [5, 5.41) is 4.49. The largest absolute Gasteiger partial charge is 0.356 e. The predicted molar refractivity (Wildman–Crippen MR) is 72.0 cm³/mol. The van der Waals surface area contributed by atoms with Gasteiger partial charge in [0.1, 0.15) is 4.60 Å². The molecule has 2 aromatic heterocycles. The van der Waals surface area contributed by atoms with Crippen molar-refractivity contribution in [3.63, 3.8) is 0 Å². The van der Waals surface area contributed by atoms with Crippen LogP contribution in [0.15, 0.2) is 35.2 Å². The molecule has 0 spiro atoms. The molecule has 94 valence electrons. The number of halogens is 1. The Kier molecular flexibility index (Phi) is 3.43. The first kappa shape index (κ1) is 11.9. The van der Waals surface area contributed by atoms with Gasteiger partial charge in [-0.25, -0.2) is 4.68 Å². The monoisotopic (exact) mass is 307 g/mol. The maximum atomic E-state index is 5.80. The summed E-state index contributed by atoms with van der Waals surface area (Å²) in [7, 11) is 0. The van der Waals surface area contributed by atoms with Crippen molar-refractivity contribution < 1.29 is 4.74 Å². The number of nitrogens with zero attached hydrogens (tertiary/aromatic N) is 3. The summed E-state index contributed by atoms with van der Waals surface area (Å²) >= 11 is 3.44. The lowest BCUT2D eigenvalue weighted by Crippen LogP contribution is -2.19. The molecule has 0 saturated carbocycles. The Labute approximate surface area is 114 Å². The second-order valence-corrected chi connectivity index (χ2v) is 5.17. The van der Waals surface area contributed by atoms with E-state index < -0.39 is 0 Å². The van der Waals surface area contributed by atoms with Crippen LogP contribution in [0.2, 0.25) is 0 Å². The molecule has 1 unspecified atom stereocenters. The van der Waals surface area contributed by atoms with Gasteiger partial charge in [-0.1, -0.05) is 0 Å². The zero-order chi connectivity index (χ0) is 12.4. The predicted octanol–water partition coefficient (Wildman–Crippen LogP) is 3.41. The van der Waals surface area contributed by atoms with Gasteiger partial charge in [-0.05, 0) is 53.4 Å². The lowest BCUT2D eigenvalue weighted by Gasteiger charge is -2.24. The topological polar surface area (TPSA) is 39.9 Å². The Balaban J connectivity index is 1.99. The van der Waals surface area contributed by atoms with Crippen LogP contribution in [0.5, 0.6) is 0 Å². The van der Waals surface area contributed by atoms with E-state index in [-0.39, 0.29) is 6.23 Å². The van der Waals surface area contributed by atoms with Crippen molar-refractivity contribution in [2.75, 3.05) is 6.61 Å². The van der Waals surface area contributed by atoms with Gasteiger partial charge in [-0.2, -0.15) is 5.10 Å². The highest BCUT2D eigenvalue weighted by atomic mass is 79.9. The van der Waals surface area contributed by atoms with E-state index in [0.29, 0.717) is 0 Å². The standard InChI is InChI=1S/C13H14BrN3O/c14-12-8-11(10-4-3-6-15-9-10)17(16-12)13-5-1-2-7-18-13/h3-4,6,8-9,13H,1-2,5,7H2. The molecule has 5 heteroatoms. The molecule has 1 aliphatic rings. The van der Waals surface area contributed by atoms with Crippen molar-refractivity contribution in [2.24, 2.45) is 0 Å². The maximum Gasteiger partial charge on any atom is 0.150 e. The fraction of sp³-hybridized carbons (Fsp3) is 0.385. The normalized spacial score (nSPS) is 19.9. The van der Waals surface area contributed by atoms with Gasteiger partial charge in [0.05, 0.1) is 5.69 Å². The average molecular weight is 308 g/mol. The minimum atomic E-state index is 0.0419. The zero-order valence-electron chi connectivity index (χ0n) is 9.92. The Bertz CT molecular complexity index is 520. The molecule has 1 fully saturated rings. The Morgan fingerprint density at radius 2 is 2.33 bits per heavy atom. The first-order valence-electron chi connectivity index (χ1n) is 6.11. The summed E-state index contributed by atoms with van der Waals surface area (Å²) in [6.07, 6.45) is 7.01. The molecule has 0 aliphatic carbocycles. The first-order valence-corrected chi connectivity index (χ1v) is 6.91. The number of hydrogen-bond donors (Lipinski definition) is 0. The second kappa shape index (κ2) is 5.20. The molecular formula is C13H14BrN3O. The molecule has 1 saturated heterocycles. The fourth-order valence-corrected chi connectivity index (χ4v) is 2.62. The number of ether oxygens (including phenoxy) is 1. The van der Waals surface area contributed by atoms with Crippen molar-refractivity contribution in [2.45, 2.75) is 25.5 Å². The molecule has 0 aromatic carbocycles. The third-order valence-electron chi connectivity index (χ3n) is 3.09. The van der Waals surface area contributed by atoms with Crippen LogP contribution in [-0.4, -0.2) is 21.4 Å². The second-order valence-electron chi connectivity index (χ2n) is 4.36. The van der Waals surface area contributed by atoms with Crippen molar-refractivity contribution in [3.05, 3.63) is 35.2 Å².